The monoisotopic (exact) mass is 194 g/mol. The van der Waals surface area contributed by atoms with E-state index in [1.54, 1.807) is 17.1 Å². The van der Waals surface area contributed by atoms with Gasteiger partial charge in [-0.05, 0) is 0 Å². The van der Waals surface area contributed by atoms with Crippen LogP contribution in [0.5, 0.6) is 0 Å². The number of rotatable bonds is 3. The first kappa shape index (κ1) is 8.89. The number of nitrogens with zero attached hydrogens (tertiary/aromatic N) is 4. The van der Waals surface area contributed by atoms with Gasteiger partial charge in [-0.2, -0.15) is 4.98 Å². The third-order valence-electron chi connectivity index (χ3n) is 1.73. The second kappa shape index (κ2) is 3.59. The fraction of sp³-hybridized carbons (Fsp3) is 0.375. The van der Waals surface area contributed by atoms with Crippen molar-refractivity contribution in [3.8, 4) is 11.6 Å². The molecule has 0 aliphatic rings. The summed E-state index contributed by atoms with van der Waals surface area (Å²) in [6.45, 7) is 0.0151. The second-order valence-electron chi connectivity index (χ2n) is 2.91. The van der Waals surface area contributed by atoms with Gasteiger partial charge < -0.3 is 14.2 Å². The predicted octanol–water partition coefficient (Wildman–Crippen LogP) is 0.00490. The highest BCUT2D eigenvalue weighted by Crippen LogP contribution is 2.13. The van der Waals surface area contributed by atoms with E-state index in [0.717, 1.165) is 0 Å². The van der Waals surface area contributed by atoms with Crippen LogP contribution >= 0.6 is 0 Å². The molecule has 0 spiro atoms. The van der Waals surface area contributed by atoms with E-state index in [0.29, 0.717) is 23.8 Å². The zero-order chi connectivity index (χ0) is 9.97. The minimum Gasteiger partial charge on any atom is -0.396 e. The number of aromatic nitrogens is 4. The summed E-state index contributed by atoms with van der Waals surface area (Å²) in [5.41, 5.74) is 0.643. The van der Waals surface area contributed by atoms with Crippen LogP contribution in [0.25, 0.3) is 11.6 Å². The summed E-state index contributed by atoms with van der Waals surface area (Å²) in [4.78, 5) is 8.13. The lowest BCUT2D eigenvalue weighted by molar-refractivity contribution is 0.293. The molecule has 2 aromatic heterocycles. The van der Waals surface area contributed by atoms with Crippen LogP contribution in [0, 0.1) is 0 Å². The largest absolute Gasteiger partial charge is 0.396 e. The lowest BCUT2D eigenvalue weighted by atomic mass is 10.4. The van der Waals surface area contributed by atoms with Gasteiger partial charge in [-0.1, -0.05) is 5.16 Å². The number of aliphatic hydroxyl groups excluding tert-OH is 1. The number of hydrogen-bond donors (Lipinski definition) is 1. The van der Waals surface area contributed by atoms with E-state index < -0.39 is 0 Å². The lowest BCUT2D eigenvalue weighted by Gasteiger charge is -1.84. The summed E-state index contributed by atoms with van der Waals surface area (Å²) in [5.74, 6) is 0.877. The Morgan fingerprint density at radius 3 is 3.07 bits per heavy atom. The van der Waals surface area contributed by atoms with Crippen LogP contribution in [0.1, 0.15) is 5.82 Å². The van der Waals surface area contributed by atoms with Crippen LogP contribution in [-0.4, -0.2) is 31.4 Å². The fourth-order valence-electron chi connectivity index (χ4n) is 1.08. The van der Waals surface area contributed by atoms with Crippen molar-refractivity contribution in [2.45, 2.75) is 6.42 Å². The molecule has 0 aliphatic heterocycles. The maximum Gasteiger partial charge on any atom is 0.278 e. The Morgan fingerprint density at radius 1 is 1.57 bits per heavy atom. The van der Waals surface area contributed by atoms with E-state index in [9.17, 15) is 0 Å². The Bertz CT molecular complexity index is 420. The molecule has 0 aliphatic carbocycles. The van der Waals surface area contributed by atoms with Crippen LogP contribution in [0.15, 0.2) is 17.0 Å². The molecular weight excluding hydrogens is 184 g/mol. The smallest absolute Gasteiger partial charge is 0.278 e. The maximum absolute atomic E-state index is 8.66. The van der Waals surface area contributed by atoms with E-state index in [4.69, 9.17) is 9.63 Å². The van der Waals surface area contributed by atoms with Gasteiger partial charge in [-0.15, -0.1) is 0 Å². The Kier molecular flexibility index (Phi) is 2.28. The first-order valence-corrected chi connectivity index (χ1v) is 4.21. The highest BCUT2D eigenvalue weighted by molar-refractivity contribution is 5.44. The molecule has 0 unspecified atom stereocenters. The normalized spacial score (nSPS) is 10.7. The third kappa shape index (κ3) is 1.64. The molecular formula is C8H10N4O2. The third-order valence-corrected chi connectivity index (χ3v) is 1.73. The van der Waals surface area contributed by atoms with Crippen molar-refractivity contribution < 1.29 is 9.63 Å². The van der Waals surface area contributed by atoms with Gasteiger partial charge in [0.2, 0.25) is 0 Å². The Labute approximate surface area is 80.2 Å². The van der Waals surface area contributed by atoms with Gasteiger partial charge in [-0.3, -0.25) is 0 Å². The van der Waals surface area contributed by atoms with E-state index in [1.165, 1.54) is 0 Å². The molecule has 1 N–H and O–H groups in total. The predicted molar refractivity (Wildman–Crippen MR) is 47.3 cm³/mol. The summed E-state index contributed by atoms with van der Waals surface area (Å²) < 4.78 is 6.77. The molecule has 2 rings (SSSR count). The second-order valence-corrected chi connectivity index (χ2v) is 2.91. The van der Waals surface area contributed by atoms with Crippen molar-refractivity contribution in [1.82, 2.24) is 19.7 Å². The van der Waals surface area contributed by atoms with Crippen molar-refractivity contribution in [3.05, 3.63) is 18.3 Å². The summed E-state index contributed by atoms with van der Waals surface area (Å²) >= 11 is 0. The van der Waals surface area contributed by atoms with Crippen LogP contribution in [0.3, 0.4) is 0 Å². The Morgan fingerprint density at radius 2 is 2.43 bits per heavy atom. The first-order valence-electron chi connectivity index (χ1n) is 4.21. The molecule has 2 aromatic rings. The minimum absolute atomic E-state index is 0.0151. The standard InChI is InChI=1S/C8H10N4O2/c1-12-4-6(9-5-12)8-10-7(2-3-13)11-14-8/h4-5,13H,2-3H2,1H3. The molecule has 14 heavy (non-hydrogen) atoms. The molecule has 74 valence electrons. The van der Waals surface area contributed by atoms with Crippen molar-refractivity contribution in [2.75, 3.05) is 6.61 Å². The van der Waals surface area contributed by atoms with Gasteiger partial charge in [0.1, 0.15) is 5.69 Å². The first-order chi connectivity index (χ1) is 6.79. The van der Waals surface area contributed by atoms with Gasteiger partial charge in [0, 0.05) is 19.7 Å². The summed E-state index contributed by atoms with van der Waals surface area (Å²) in [7, 11) is 1.86. The SMILES string of the molecule is Cn1cnc(-c2nc(CCO)no2)c1. The molecule has 6 nitrogen and oxygen atoms in total. The van der Waals surface area contributed by atoms with Crippen molar-refractivity contribution in [2.24, 2.45) is 7.05 Å². The summed E-state index contributed by atoms with van der Waals surface area (Å²) in [5, 5.41) is 12.4. The molecule has 2 heterocycles. The zero-order valence-electron chi connectivity index (χ0n) is 7.71. The molecule has 0 amide bonds. The Balaban J connectivity index is 2.24. The van der Waals surface area contributed by atoms with Crippen LogP contribution < -0.4 is 0 Å². The molecule has 0 fully saturated rings. The lowest BCUT2D eigenvalue weighted by Crippen LogP contribution is -1.92. The molecule has 0 radical (unpaired) electrons. The van der Waals surface area contributed by atoms with Crippen LogP contribution in [-0.2, 0) is 13.5 Å². The maximum atomic E-state index is 8.66. The van der Waals surface area contributed by atoms with Gasteiger partial charge in [0.05, 0.1) is 12.9 Å². The van der Waals surface area contributed by atoms with E-state index in [-0.39, 0.29) is 6.61 Å². The van der Waals surface area contributed by atoms with Gasteiger partial charge >= 0.3 is 0 Å². The molecule has 0 saturated carbocycles. The van der Waals surface area contributed by atoms with E-state index >= 15 is 0 Å². The Hall–Kier alpha value is -1.69. The van der Waals surface area contributed by atoms with Crippen molar-refractivity contribution >= 4 is 0 Å². The molecule has 6 heteroatoms. The minimum atomic E-state index is 0.0151. The molecule has 0 saturated heterocycles. The van der Waals surface area contributed by atoms with Gasteiger partial charge in [0.25, 0.3) is 5.89 Å². The van der Waals surface area contributed by atoms with E-state index in [2.05, 4.69) is 15.1 Å². The summed E-state index contributed by atoms with van der Waals surface area (Å²) in [6, 6.07) is 0. The van der Waals surface area contributed by atoms with Crippen molar-refractivity contribution in [1.29, 1.82) is 0 Å². The van der Waals surface area contributed by atoms with Crippen LogP contribution in [0.2, 0.25) is 0 Å². The number of aliphatic hydroxyl groups is 1. The quantitative estimate of drug-likeness (QED) is 0.744. The highest BCUT2D eigenvalue weighted by atomic mass is 16.5. The van der Waals surface area contributed by atoms with Crippen molar-refractivity contribution in [3.63, 3.8) is 0 Å². The average Bonchev–Trinajstić information content (AvgIpc) is 2.74. The topological polar surface area (TPSA) is 77.0 Å². The molecule has 0 aromatic carbocycles. The molecule has 0 atom stereocenters. The number of hydrogen-bond acceptors (Lipinski definition) is 5. The average molecular weight is 194 g/mol. The van der Waals surface area contributed by atoms with Gasteiger partial charge in [-0.25, -0.2) is 4.98 Å². The summed E-state index contributed by atoms with van der Waals surface area (Å²) in [6.07, 6.45) is 3.85. The zero-order valence-corrected chi connectivity index (χ0v) is 7.71. The highest BCUT2D eigenvalue weighted by Gasteiger charge is 2.10. The fourth-order valence-corrected chi connectivity index (χ4v) is 1.08. The number of aryl methyl sites for hydroxylation is 1. The van der Waals surface area contributed by atoms with Crippen LogP contribution in [0.4, 0.5) is 0 Å². The molecule has 0 bridgehead atoms. The van der Waals surface area contributed by atoms with Gasteiger partial charge in [0.15, 0.2) is 5.82 Å². The number of imidazole rings is 1. The van der Waals surface area contributed by atoms with E-state index in [1.807, 2.05) is 7.05 Å².